The van der Waals surface area contributed by atoms with Gasteiger partial charge >= 0.3 is 0 Å². The van der Waals surface area contributed by atoms with Crippen LogP contribution >= 0.6 is 0 Å². The topological polar surface area (TPSA) is 11.4 Å². The van der Waals surface area contributed by atoms with Gasteiger partial charge in [-0.2, -0.15) is 0 Å². The molecule has 0 amide bonds. The number of aromatic nitrogens is 1. The third-order valence-electron chi connectivity index (χ3n) is 5.43. The molecule has 3 heteroatoms. The van der Waals surface area contributed by atoms with E-state index < -0.39 is 0 Å². The van der Waals surface area contributed by atoms with Crippen LogP contribution in [0.2, 0.25) is 0 Å². The third kappa shape index (κ3) is 3.89. The maximum absolute atomic E-state index is 2.63. The molecule has 1 aromatic heterocycles. The highest BCUT2D eigenvalue weighted by molar-refractivity contribution is 5.16. The van der Waals surface area contributed by atoms with Crippen LogP contribution in [0.25, 0.3) is 0 Å². The molecule has 0 aliphatic carbocycles. The molecule has 2 aliphatic rings. The van der Waals surface area contributed by atoms with Crippen molar-refractivity contribution in [1.29, 1.82) is 0 Å². The maximum atomic E-state index is 2.63. The van der Waals surface area contributed by atoms with E-state index in [1.807, 2.05) is 0 Å². The molecule has 2 fully saturated rings. The number of piperidine rings is 2. The molecule has 2 saturated heterocycles. The number of hydrogen-bond donors (Lipinski definition) is 0. The smallest absolute Gasteiger partial charge is 0.0387 e. The predicted octanol–water partition coefficient (Wildman–Crippen LogP) is 3.24. The van der Waals surface area contributed by atoms with Crippen molar-refractivity contribution in [2.45, 2.75) is 52.1 Å². The predicted molar refractivity (Wildman–Crippen MR) is 88.2 cm³/mol. The van der Waals surface area contributed by atoms with E-state index in [0.717, 1.165) is 19.0 Å². The Bertz CT molecular complexity index is 437. The molecule has 118 valence electrons. The second kappa shape index (κ2) is 6.97. The standard InChI is InChI=1S/C18H31N3/c1-16-8-12-21(13-9-16)15-18-7-6-17(19(18)2)14-20-10-4-3-5-11-20/h6-7,16H,3-5,8-15H2,1-2H3. The zero-order chi connectivity index (χ0) is 14.7. The average Bonchev–Trinajstić information content (AvgIpc) is 2.84. The fourth-order valence-electron chi connectivity index (χ4n) is 3.71. The molecular formula is C18H31N3. The van der Waals surface area contributed by atoms with Crippen molar-refractivity contribution >= 4 is 0 Å². The quantitative estimate of drug-likeness (QED) is 0.843. The van der Waals surface area contributed by atoms with Crippen molar-refractivity contribution in [3.63, 3.8) is 0 Å². The fourth-order valence-corrected chi connectivity index (χ4v) is 3.71. The first-order valence-electron chi connectivity index (χ1n) is 8.80. The van der Waals surface area contributed by atoms with Gasteiger partial charge in [0.25, 0.3) is 0 Å². The zero-order valence-corrected chi connectivity index (χ0v) is 13.9. The second-order valence-electron chi connectivity index (χ2n) is 7.17. The molecule has 3 nitrogen and oxygen atoms in total. The molecule has 21 heavy (non-hydrogen) atoms. The van der Waals surface area contributed by atoms with Crippen LogP contribution in [0.3, 0.4) is 0 Å². The molecule has 0 atom stereocenters. The van der Waals surface area contributed by atoms with Gasteiger partial charge in [0, 0.05) is 31.5 Å². The fraction of sp³-hybridized carbons (Fsp3) is 0.778. The van der Waals surface area contributed by atoms with Crippen LogP contribution in [0.5, 0.6) is 0 Å². The molecule has 0 aromatic carbocycles. The highest BCUT2D eigenvalue weighted by Crippen LogP contribution is 2.20. The Morgan fingerprint density at radius 1 is 0.857 bits per heavy atom. The molecule has 0 bridgehead atoms. The van der Waals surface area contributed by atoms with Crippen LogP contribution in [0.1, 0.15) is 50.4 Å². The van der Waals surface area contributed by atoms with E-state index in [0.29, 0.717) is 0 Å². The van der Waals surface area contributed by atoms with E-state index in [1.54, 1.807) is 0 Å². The van der Waals surface area contributed by atoms with Crippen LogP contribution in [-0.4, -0.2) is 40.5 Å². The van der Waals surface area contributed by atoms with Gasteiger partial charge in [-0.15, -0.1) is 0 Å². The average molecular weight is 289 g/mol. The minimum Gasteiger partial charge on any atom is -0.349 e. The van der Waals surface area contributed by atoms with Gasteiger partial charge in [-0.1, -0.05) is 13.3 Å². The van der Waals surface area contributed by atoms with Gasteiger partial charge in [-0.05, 0) is 69.9 Å². The van der Waals surface area contributed by atoms with Crippen molar-refractivity contribution in [1.82, 2.24) is 14.4 Å². The van der Waals surface area contributed by atoms with Crippen molar-refractivity contribution in [2.24, 2.45) is 13.0 Å². The van der Waals surface area contributed by atoms with Crippen molar-refractivity contribution in [3.05, 3.63) is 23.5 Å². The Morgan fingerprint density at radius 3 is 1.95 bits per heavy atom. The summed E-state index contributed by atoms with van der Waals surface area (Å²) in [5, 5.41) is 0. The van der Waals surface area contributed by atoms with Gasteiger partial charge in [0.2, 0.25) is 0 Å². The Balaban J connectivity index is 1.57. The van der Waals surface area contributed by atoms with Gasteiger partial charge < -0.3 is 4.57 Å². The molecule has 2 aliphatic heterocycles. The van der Waals surface area contributed by atoms with Crippen LogP contribution in [0, 0.1) is 5.92 Å². The molecule has 0 unspecified atom stereocenters. The monoisotopic (exact) mass is 289 g/mol. The lowest BCUT2D eigenvalue weighted by atomic mass is 9.99. The number of likely N-dealkylation sites (tertiary alicyclic amines) is 2. The van der Waals surface area contributed by atoms with Gasteiger partial charge in [0.1, 0.15) is 0 Å². The van der Waals surface area contributed by atoms with Gasteiger partial charge in [-0.25, -0.2) is 0 Å². The highest BCUT2D eigenvalue weighted by Gasteiger charge is 2.18. The minimum absolute atomic E-state index is 0.921. The van der Waals surface area contributed by atoms with Crippen LogP contribution in [0.15, 0.2) is 12.1 Å². The maximum Gasteiger partial charge on any atom is 0.0387 e. The van der Waals surface area contributed by atoms with Gasteiger partial charge in [0.15, 0.2) is 0 Å². The Kier molecular flexibility index (Phi) is 5.02. The number of hydrogen-bond acceptors (Lipinski definition) is 2. The normalized spacial score (nSPS) is 22.8. The Hall–Kier alpha value is -0.800. The van der Waals surface area contributed by atoms with Crippen molar-refractivity contribution < 1.29 is 0 Å². The van der Waals surface area contributed by atoms with Crippen LogP contribution in [-0.2, 0) is 20.1 Å². The third-order valence-corrected chi connectivity index (χ3v) is 5.43. The minimum atomic E-state index is 0.921. The first kappa shape index (κ1) is 15.1. The van der Waals surface area contributed by atoms with Crippen molar-refractivity contribution in [2.75, 3.05) is 26.2 Å². The summed E-state index contributed by atoms with van der Waals surface area (Å²) in [7, 11) is 2.25. The summed E-state index contributed by atoms with van der Waals surface area (Å²) in [5.74, 6) is 0.921. The van der Waals surface area contributed by atoms with E-state index in [9.17, 15) is 0 Å². The summed E-state index contributed by atoms with van der Waals surface area (Å²) in [6, 6.07) is 4.69. The van der Waals surface area contributed by atoms with Gasteiger partial charge in [0.05, 0.1) is 0 Å². The molecule has 0 saturated carbocycles. The van der Waals surface area contributed by atoms with E-state index in [1.165, 1.54) is 69.7 Å². The highest BCUT2D eigenvalue weighted by atomic mass is 15.2. The number of rotatable bonds is 4. The van der Waals surface area contributed by atoms with E-state index in [2.05, 4.69) is 40.5 Å². The summed E-state index contributed by atoms with van der Waals surface area (Å²) in [6.07, 6.45) is 6.91. The molecule has 3 heterocycles. The molecule has 0 radical (unpaired) electrons. The lowest BCUT2D eigenvalue weighted by molar-refractivity contribution is 0.181. The molecule has 0 N–H and O–H groups in total. The zero-order valence-electron chi connectivity index (χ0n) is 13.9. The summed E-state index contributed by atoms with van der Waals surface area (Å²) in [6.45, 7) is 9.75. The van der Waals surface area contributed by atoms with E-state index >= 15 is 0 Å². The van der Waals surface area contributed by atoms with Crippen LogP contribution in [0.4, 0.5) is 0 Å². The van der Waals surface area contributed by atoms with E-state index in [-0.39, 0.29) is 0 Å². The molecule has 0 spiro atoms. The lowest BCUT2D eigenvalue weighted by Gasteiger charge is -2.30. The van der Waals surface area contributed by atoms with E-state index in [4.69, 9.17) is 0 Å². The Morgan fingerprint density at radius 2 is 1.38 bits per heavy atom. The van der Waals surface area contributed by atoms with Crippen LogP contribution < -0.4 is 0 Å². The summed E-state index contributed by atoms with van der Waals surface area (Å²) in [5.41, 5.74) is 2.97. The number of nitrogens with zero attached hydrogens (tertiary/aromatic N) is 3. The lowest BCUT2D eigenvalue weighted by Crippen LogP contribution is -2.33. The first-order valence-corrected chi connectivity index (χ1v) is 8.80. The van der Waals surface area contributed by atoms with Crippen molar-refractivity contribution in [3.8, 4) is 0 Å². The second-order valence-corrected chi connectivity index (χ2v) is 7.17. The molecule has 3 rings (SSSR count). The first-order chi connectivity index (χ1) is 10.2. The SMILES string of the molecule is CC1CCN(Cc2ccc(CN3CCCCC3)n2C)CC1. The van der Waals surface area contributed by atoms with Gasteiger partial charge in [-0.3, -0.25) is 9.80 Å². The molecule has 1 aromatic rings. The Labute approximate surface area is 129 Å². The summed E-state index contributed by atoms with van der Waals surface area (Å²) >= 11 is 0. The largest absolute Gasteiger partial charge is 0.349 e. The summed E-state index contributed by atoms with van der Waals surface area (Å²) < 4.78 is 2.44. The molecular weight excluding hydrogens is 258 g/mol. The summed E-state index contributed by atoms with van der Waals surface area (Å²) in [4.78, 5) is 5.24.